The molecule has 1 aromatic heterocycles. The summed E-state index contributed by atoms with van der Waals surface area (Å²) in [6.07, 6.45) is 16.2. The zero-order valence-corrected chi connectivity index (χ0v) is 42.5. The number of amides is 8. The van der Waals surface area contributed by atoms with Crippen LogP contribution in [-0.2, 0) is 0 Å². The first-order valence-electron chi connectivity index (χ1n) is 26.1. The molecule has 5 heterocycles. The number of hydrogen-bond donors (Lipinski definition) is 1. The lowest BCUT2D eigenvalue weighted by molar-refractivity contribution is 0.0586. The molecule has 8 amide bonds. The number of nitrogens with one attached hydrogen (secondary N) is 1. The van der Waals surface area contributed by atoms with Crippen molar-refractivity contribution in [2.45, 2.75) is 136 Å². The summed E-state index contributed by atoms with van der Waals surface area (Å²) in [5.74, 6) is -5.32. The van der Waals surface area contributed by atoms with E-state index in [0.29, 0.717) is 34.6 Å². The molecule has 4 aromatic carbocycles. The lowest BCUT2D eigenvalue weighted by atomic mass is 9.81. The third-order valence-electron chi connectivity index (χ3n) is 14.9. The molecule has 4 aliphatic rings. The number of benzene rings is 4. The molecule has 0 saturated carbocycles. The van der Waals surface area contributed by atoms with E-state index in [1.165, 1.54) is 28.0 Å². The molecule has 0 unspecified atom stereocenters. The standard InChI is InChI=1S/C58H58N6O8S/c1-4-7-10-13-16-19-24-62-55(69)40-30-36(50-48-39(28-34(32-60)44(46(40)48)56(62)70)54(68)64(58(50)72)26-21-18-15-12-9-6-3)42-23-22-41(73-42)35-29-37-45-43(52(66)61-51(37)65)33(31-59)27-38-47(45)49(35)57(71)63(53(38)67)25-20-17-14-11-8-5-2/h22-23,27-30H,4-21,24-26H2,1-3H3,(H,61,65,66). The second-order valence-electron chi connectivity index (χ2n) is 19.6. The van der Waals surface area contributed by atoms with Crippen LogP contribution in [0, 0.1) is 22.7 Å². The quantitative estimate of drug-likeness (QED) is 0.0484. The van der Waals surface area contributed by atoms with Crippen molar-refractivity contribution >= 4 is 80.1 Å². The van der Waals surface area contributed by atoms with Gasteiger partial charge in [0.15, 0.2) is 0 Å². The van der Waals surface area contributed by atoms with Crippen molar-refractivity contribution in [2.24, 2.45) is 0 Å². The molecule has 1 N–H and O–H groups in total. The van der Waals surface area contributed by atoms with E-state index >= 15 is 4.79 Å². The summed E-state index contributed by atoms with van der Waals surface area (Å²) in [5, 5.41) is 23.5. The van der Waals surface area contributed by atoms with Gasteiger partial charge in [-0.05, 0) is 55.7 Å². The summed E-state index contributed by atoms with van der Waals surface area (Å²) in [6, 6.07) is 13.4. The zero-order valence-electron chi connectivity index (χ0n) is 41.7. The Kier molecular flexibility index (Phi) is 14.8. The van der Waals surface area contributed by atoms with Crippen molar-refractivity contribution in [3.8, 4) is 33.0 Å². The highest BCUT2D eigenvalue weighted by molar-refractivity contribution is 7.19. The maximum absolute atomic E-state index is 15.1. The number of carbonyl (C=O) groups excluding carboxylic acids is 8. The van der Waals surface area contributed by atoms with Gasteiger partial charge in [-0.2, -0.15) is 10.5 Å². The number of hydrogen-bond acceptors (Lipinski definition) is 11. The lowest BCUT2D eigenvalue weighted by Crippen LogP contribution is -2.44. The second kappa shape index (κ2) is 21.4. The lowest BCUT2D eigenvalue weighted by Gasteiger charge is -2.33. The largest absolute Gasteiger partial charge is 0.288 e. The van der Waals surface area contributed by atoms with Gasteiger partial charge >= 0.3 is 0 Å². The normalized spacial score (nSPS) is 14.8. The summed E-state index contributed by atoms with van der Waals surface area (Å²) in [5.41, 5.74) is 0.589. The highest BCUT2D eigenvalue weighted by Crippen LogP contribution is 2.49. The van der Waals surface area contributed by atoms with E-state index in [1.807, 2.05) is 6.07 Å². The number of thiophene rings is 1. The van der Waals surface area contributed by atoms with Gasteiger partial charge in [-0.25, -0.2) is 0 Å². The Balaban J connectivity index is 1.22. The molecule has 5 aromatic rings. The molecular weight excluding hydrogens is 941 g/mol. The Morgan fingerprint density at radius 1 is 0.397 bits per heavy atom. The molecule has 73 heavy (non-hydrogen) atoms. The minimum absolute atomic E-state index is 0.00272. The van der Waals surface area contributed by atoms with Crippen molar-refractivity contribution in [2.75, 3.05) is 19.6 Å². The van der Waals surface area contributed by atoms with Gasteiger partial charge in [0.1, 0.15) is 12.1 Å². The van der Waals surface area contributed by atoms with Crippen LogP contribution in [0.3, 0.4) is 0 Å². The minimum atomic E-state index is -0.818. The fourth-order valence-electron chi connectivity index (χ4n) is 11.2. The van der Waals surface area contributed by atoms with Crippen molar-refractivity contribution < 1.29 is 38.4 Å². The van der Waals surface area contributed by atoms with Crippen LogP contribution in [-0.4, -0.2) is 81.6 Å². The SMILES string of the molecule is CCCCCCCCN1C(=O)c2cc(-c3ccc(-c4cc5c6c(c(C#N)cc7c6c4C(=O)N(CCCCCCCC)C7=O)C(=O)NC5=O)s3)c3c4c(cc(C#N)c(c24)C1=O)C(=O)N(CCCCCCCC)C3=O. The van der Waals surface area contributed by atoms with Crippen LogP contribution in [0.25, 0.3) is 42.4 Å². The first-order chi connectivity index (χ1) is 35.4. The molecule has 14 nitrogen and oxygen atoms in total. The average molecular weight is 999 g/mol. The Labute approximate surface area is 428 Å². The number of rotatable bonds is 23. The van der Waals surface area contributed by atoms with Crippen LogP contribution in [0.2, 0.25) is 0 Å². The third kappa shape index (κ3) is 8.81. The molecule has 9 rings (SSSR count). The molecule has 15 heteroatoms. The van der Waals surface area contributed by atoms with Crippen LogP contribution in [0.5, 0.6) is 0 Å². The highest BCUT2D eigenvalue weighted by Gasteiger charge is 2.44. The predicted octanol–water partition coefficient (Wildman–Crippen LogP) is 11.9. The molecule has 0 spiro atoms. The summed E-state index contributed by atoms with van der Waals surface area (Å²) < 4.78 is 0. The van der Waals surface area contributed by atoms with Crippen LogP contribution in [0.4, 0.5) is 0 Å². The molecule has 0 radical (unpaired) electrons. The van der Waals surface area contributed by atoms with Gasteiger partial charge in [-0.15, -0.1) is 11.3 Å². The first kappa shape index (κ1) is 50.6. The number of carbonyl (C=O) groups is 8. The van der Waals surface area contributed by atoms with Crippen molar-refractivity contribution in [1.29, 1.82) is 10.5 Å². The van der Waals surface area contributed by atoms with Crippen LogP contribution < -0.4 is 5.32 Å². The number of nitrogens with zero attached hydrogens (tertiary/aromatic N) is 5. The molecule has 4 aliphatic heterocycles. The molecule has 0 aliphatic carbocycles. The van der Waals surface area contributed by atoms with Crippen LogP contribution in [0.15, 0.2) is 36.4 Å². The van der Waals surface area contributed by atoms with Gasteiger partial charge in [0.05, 0.1) is 44.5 Å². The van der Waals surface area contributed by atoms with Gasteiger partial charge in [0.25, 0.3) is 47.3 Å². The number of nitriles is 2. The van der Waals surface area contributed by atoms with Crippen molar-refractivity contribution in [3.63, 3.8) is 0 Å². The first-order valence-corrected chi connectivity index (χ1v) is 26.9. The summed E-state index contributed by atoms with van der Waals surface area (Å²) >= 11 is 1.16. The summed E-state index contributed by atoms with van der Waals surface area (Å²) in [7, 11) is 0. The zero-order chi connectivity index (χ0) is 51.7. The monoisotopic (exact) mass is 998 g/mol. The van der Waals surface area contributed by atoms with Crippen LogP contribution >= 0.6 is 11.3 Å². The van der Waals surface area contributed by atoms with E-state index in [0.717, 1.165) is 113 Å². The van der Waals surface area contributed by atoms with E-state index in [4.69, 9.17) is 0 Å². The Morgan fingerprint density at radius 3 is 1.16 bits per heavy atom. The van der Waals surface area contributed by atoms with E-state index < -0.39 is 47.3 Å². The number of imide groups is 4. The van der Waals surface area contributed by atoms with Gasteiger partial charge in [0, 0.05) is 73.2 Å². The molecule has 0 atom stereocenters. The van der Waals surface area contributed by atoms with Gasteiger partial charge in [-0.3, -0.25) is 58.4 Å². The van der Waals surface area contributed by atoms with E-state index in [9.17, 15) is 44.1 Å². The van der Waals surface area contributed by atoms with E-state index in [2.05, 4.69) is 32.2 Å². The molecule has 0 saturated heterocycles. The fraction of sp³-hybridized carbons (Fsp3) is 0.414. The van der Waals surface area contributed by atoms with Crippen molar-refractivity contribution in [3.05, 3.63) is 92.0 Å². The molecule has 0 bridgehead atoms. The van der Waals surface area contributed by atoms with Gasteiger partial charge in [0.2, 0.25) is 0 Å². The molecule has 0 fully saturated rings. The summed E-state index contributed by atoms with van der Waals surface area (Å²) in [6.45, 7) is 6.69. The van der Waals surface area contributed by atoms with E-state index in [-0.39, 0.29) is 102 Å². The maximum Gasteiger partial charge on any atom is 0.262 e. The molecular formula is C58H58N6O8S. The highest BCUT2D eigenvalue weighted by atomic mass is 32.1. The number of unbranched alkanes of at least 4 members (excludes halogenated alkanes) is 15. The fourth-order valence-corrected chi connectivity index (χ4v) is 12.2. The maximum atomic E-state index is 15.1. The van der Waals surface area contributed by atoms with E-state index in [1.54, 1.807) is 18.2 Å². The smallest absolute Gasteiger partial charge is 0.262 e. The topological polar surface area (TPSA) is 206 Å². The van der Waals surface area contributed by atoms with Gasteiger partial charge < -0.3 is 0 Å². The average Bonchev–Trinajstić information content (AvgIpc) is 3.89. The minimum Gasteiger partial charge on any atom is -0.288 e. The molecule has 374 valence electrons. The Morgan fingerprint density at radius 2 is 0.740 bits per heavy atom. The Bertz CT molecular complexity index is 3300. The van der Waals surface area contributed by atoms with Gasteiger partial charge in [-0.1, -0.05) is 117 Å². The second-order valence-corrected chi connectivity index (χ2v) is 20.7. The third-order valence-corrected chi connectivity index (χ3v) is 16.0. The predicted molar refractivity (Wildman–Crippen MR) is 278 cm³/mol. The summed E-state index contributed by atoms with van der Waals surface area (Å²) in [4.78, 5) is 120. The van der Waals surface area contributed by atoms with Crippen molar-refractivity contribution in [1.82, 2.24) is 20.0 Å². The van der Waals surface area contributed by atoms with Crippen LogP contribution in [0.1, 0.15) is 230 Å². The Hall–Kier alpha value is -7.36.